The van der Waals surface area contributed by atoms with Crippen LogP contribution in [0.15, 0.2) is 0 Å². The third-order valence-electron chi connectivity index (χ3n) is 11.7. The summed E-state index contributed by atoms with van der Waals surface area (Å²) in [6.45, 7) is 2.54. The van der Waals surface area contributed by atoms with Gasteiger partial charge in [-0.15, -0.1) is 0 Å². The van der Waals surface area contributed by atoms with E-state index in [1.165, 1.54) is 0 Å². The van der Waals surface area contributed by atoms with Crippen molar-refractivity contribution in [2.75, 3.05) is 40.6 Å². The van der Waals surface area contributed by atoms with Crippen LogP contribution in [-0.4, -0.2) is 112 Å². The van der Waals surface area contributed by atoms with Crippen molar-refractivity contribution >= 4 is 11.8 Å². The van der Waals surface area contributed by atoms with Gasteiger partial charge in [-0.05, 0) is 63.2 Å². The number of nitrogens with zero attached hydrogens (tertiary/aromatic N) is 1. The Morgan fingerprint density at radius 1 is 0.950 bits per heavy atom. The number of nitrogens with one attached hydrogen (secondary N) is 1. The molecule has 7 rings (SSSR count). The number of hydrogen-bond acceptors (Lipinski definition) is 7. The van der Waals surface area contributed by atoms with Gasteiger partial charge in [0.2, 0.25) is 11.8 Å². The van der Waals surface area contributed by atoms with Crippen molar-refractivity contribution in [2.45, 2.75) is 112 Å². The summed E-state index contributed by atoms with van der Waals surface area (Å²) in [7, 11) is 3.48. The van der Waals surface area contributed by atoms with E-state index in [0.717, 1.165) is 64.3 Å². The van der Waals surface area contributed by atoms with Crippen molar-refractivity contribution in [3.8, 4) is 0 Å². The maximum Gasteiger partial charge on any atom is 0.246 e. The molecule has 0 aromatic rings. The van der Waals surface area contributed by atoms with Crippen molar-refractivity contribution in [1.29, 1.82) is 0 Å². The van der Waals surface area contributed by atoms with Gasteiger partial charge in [0.1, 0.15) is 12.6 Å². The molecule has 3 saturated carbocycles. The number of amides is 2. The summed E-state index contributed by atoms with van der Waals surface area (Å²) in [5, 5.41) is 5.72. The Bertz CT molecular complexity index is 952. The second kappa shape index (κ2) is 11.4. The van der Waals surface area contributed by atoms with Crippen LogP contribution < -0.4 is 10.6 Å². The molecule has 7 aliphatic rings. The number of quaternary nitrogens is 1. The summed E-state index contributed by atoms with van der Waals surface area (Å²) in [5.41, 5.74) is 0. The Morgan fingerprint density at radius 2 is 1.80 bits per heavy atom. The lowest BCUT2D eigenvalue weighted by Gasteiger charge is -2.53. The minimum atomic E-state index is -0.171. The molecule has 0 spiro atoms. The molecule has 4 heterocycles. The van der Waals surface area contributed by atoms with E-state index in [4.69, 9.17) is 23.7 Å². The van der Waals surface area contributed by atoms with Crippen molar-refractivity contribution in [2.24, 2.45) is 23.7 Å². The van der Waals surface area contributed by atoms with E-state index < -0.39 is 0 Å². The molecule has 3 N–H and O–H groups in total. The van der Waals surface area contributed by atoms with Gasteiger partial charge in [-0.2, -0.15) is 0 Å². The zero-order valence-electron chi connectivity index (χ0n) is 24.1. The molecular formula is C30H48N3O7+. The number of fused-ring (bicyclic) bond motifs is 6. The summed E-state index contributed by atoms with van der Waals surface area (Å²) in [4.78, 5) is 29.4. The lowest BCUT2D eigenvalue weighted by molar-refractivity contribution is -0.713. The molecule has 4 saturated heterocycles. The van der Waals surface area contributed by atoms with Crippen LogP contribution in [0.25, 0.3) is 0 Å². The number of carbonyl (C=O) groups is 2. The standard InChI is InChI=1S/C30H47N3O7/c1-36-23-8-5-19-26(29(23)37-2)30(35)33-21-6-4-17(14-20(21)18-9-10-31-27(19)28(18)33)40-15-25(34)32-16-3-7-22-24(13-16)39-12-11-38-22/h16-24,26-29,31H,3-15H2,1-2H3,(H,32,34)/p+1. The smallest absolute Gasteiger partial charge is 0.246 e. The molecule has 13 unspecified atom stereocenters. The van der Waals surface area contributed by atoms with Crippen LogP contribution in [0, 0.1) is 23.7 Å². The van der Waals surface area contributed by atoms with E-state index in [-0.39, 0.29) is 61.0 Å². The molecule has 2 amide bonds. The molecular weight excluding hydrogens is 514 g/mol. The fourth-order valence-electron chi connectivity index (χ4n) is 10.1. The number of nitrogens with two attached hydrogens (primary N) is 1. The number of piperidine rings is 2. The first-order valence-corrected chi connectivity index (χ1v) is 15.9. The van der Waals surface area contributed by atoms with Crippen LogP contribution in [0.5, 0.6) is 0 Å². The molecule has 10 nitrogen and oxygen atoms in total. The van der Waals surface area contributed by atoms with Gasteiger partial charge in [0.05, 0.1) is 62.2 Å². The number of hydrogen-bond donors (Lipinski definition) is 2. The van der Waals surface area contributed by atoms with Gasteiger partial charge in [0.15, 0.2) is 0 Å². The van der Waals surface area contributed by atoms with Gasteiger partial charge in [-0.1, -0.05) is 0 Å². The van der Waals surface area contributed by atoms with Gasteiger partial charge < -0.3 is 39.2 Å². The second-order valence-electron chi connectivity index (χ2n) is 13.4. The van der Waals surface area contributed by atoms with Crippen LogP contribution in [0.2, 0.25) is 0 Å². The largest absolute Gasteiger partial charge is 0.379 e. The third kappa shape index (κ3) is 4.71. The van der Waals surface area contributed by atoms with Gasteiger partial charge >= 0.3 is 0 Å². The molecule has 13 atom stereocenters. The highest BCUT2D eigenvalue weighted by atomic mass is 16.6. The van der Waals surface area contributed by atoms with Crippen LogP contribution in [-0.2, 0) is 33.3 Å². The van der Waals surface area contributed by atoms with Crippen LogP contribution in [0.4, 0.5) is 0 Å². The van der Waals surface area contributed by atoms with Crippen molar-refractivity contribution in [3.05, 3.63) is 0 Å². The molecule has 4 aliphatic heterocycles. The molecule has 40 heavy (non-hydrogen) atoms. The monoisotopic (exact) mass is 562 g/mol. The Kier molecular flexibility index (Phi) is 7.85. The fraction of sp³-hybridized carbons (Fsp3) is 0.933. The highest BCUT2D eigenvalue weighted by molar-refractivity contribution is 5.82. The number of methoxy groups -OCH3 is 2. The Balaban J connectivity index is 0.981. The predicted molar refractivity (Wildman–Crippen MR) is 143 cm³/mol. The average Bonchev–Trinajstić information content (AvgIpc) is 3.32. The van der Waals surface area contributed by atoms with E-state index in [1.807, 2.05) is 0 Å². The van der Waals surface area contributed by atoms with Crippen LogP contribution >= 0.6 is 0 Å². The lowest BCUT2D eigenvalue weighted by Crippen LogP contribution is -2.99. The van der Waals surface area contributed by atoms with Gasteiger partial charge in [0.25, 0.3) is 0 Å². The molecule has 3 aliphatic carbocycles. The highest BCUT2D eigenvalue weighted by Gasteiger charge is 2.66. The summed E-state index contributed by atoms with van der Waals surface area (Å²) in [6, 6.07) is 1.16. The summed E-state index contributed by atoms with van der Waals surface area (Å²) >= 11 is 0. The van der Waals surface area contributed by atoms with E-state index >= 15 is 0 Å². The molecule has 0 aromatic carbocycles. The van der Waals surface area contributed by atoms with Crippen molar-refractivity contribution in [3.63, 3.8) is 0 Å². The Labute approximate surface area is 237 Å². The molecule has 0 bridgehead atoms. The predicted octanol–water partition coefficient (Wildman–Crippen LogP) is 0.226. The van der Waals surface area contributed by atoms with E-state index in [0.29, 0.717) is 49.0 Å². The first kappa shape index (κ1) is 27.5. The zero-order valence-corrected chi connectivity index (χ0v) is 24.1. The molecule has 0 radical (unpaired) electrons. The van der Waals surface area contributed by atoms with Crippen LogP contribution in [0.1, 0.15) is 57.8 Å². The van der Waals surface area contributed by atoms with E-state index in [9.17, 15) is 9.59 Å². The highest BCUT2D eigenvalue weighted by Crippen LogP contribution is 2.53. The average molecular weight is 563 g/mol. The Hall–Kier alpha value is -1.30. The van der Waals surface area contributed by atoms with E-state index in [1.54, 1.807) is 14.2 Å². The van der Waals surface area contributed by atoms with Crippen molar-refractivity contribution in [1.82, 2.24) is 10.2 Å². The molecule has 0 aromatic heterocycles. The third-order valence-corrected chi connectivity index (χ3v) is 11.7. The summed E-state index contributed by atoms with van der Waals surface area (Å²) in [6.07, 6.45) is 8.75. The maximum atomic E-state index is 14.2. The summed E-state index contributed by atoms with van der Waals surface area (Å²) in [5.74, 6) is 1.48. The number of carbonyl (C=O) groups excluding carboxylic acids is 2. The van der Waals surface area contributed by atoms with Gasteiger partial charge in [-0.25, -0.2) is 0 Å². The van der Waals surface area contributed by atoms with Crippen LogP contribution in [0.3, 0.4) is 0 Å². The molecule has 7 fully saturated rings. The van der Waals surface area contributed by atoms with Gasteiger partial charge in [-0.3, -0.25) is 9.59 Å². The normalized spacial score (nSPS) is 48.0. The molecule has 10 heteroatoms. The lowest BCUT2D eigenvalue weighted by atomic mass is 9.64. The second-order valence-corrected chi connectivity index (χ2v) is 13.4. The topological polar surface area (TPSA) is 112 Å². The molecule has 224 valence electrons. The first-order chi connectivity index (χ1) is 19.6. The van der Waals surface area contributed by atoms with Crippen molar-refractivity contribution < 1.29 is 38.6 Å². The van der Waals surface area contributed by atoms with E-state index in [2.05, 4.69) is 15.5 Å². The SMILES string of the molecule is COC1CCC2C3[NH2+]CCC4C5CC(OCC(=O)NC6CCC7OCCOC7C6)CCC5N(C(=O)C2C1OC)C43. The zero-order chi connectivity index (χ0) is 27.4. The fourth-order valence-corrected chi connectivity index (χ4v) is 10.1. The Morgan fingerprint density at radius 3 is 2.62 bits per heavy atom. The number of ether oxygens (including phenoxy) is 5. The minimum Gasteiger partial charge on any atom is -0.379 e. The quantitative estimate of drug-likeness (QED) is 0.477. The maximum absolute atomic E-state index is 14.2. The minimum absolute atomic E-state index is 0.0154. The number of rotatable bonds is 6. The summed E-state index contributed by atoms with van der Waals surface area (Å²) < 4.78 is 29.7. The first-order valence-electron chi connectivity index (χ1n) is 15.9. The van der Waals surface area contributed by atoms with Gasteiger partial charge in [0, 0.05) is 38.6 Å².